The predicted molar refractivity (Wildman–Crippen MR) is 138 cm³/mol. The van der Waals surface area contributed by atoms with Gasteiger partial charge in [0.2, 0.25) is 0 Å². The van der Waals surface area contributed by atoms with Gasteiger partial charge in [-0.05, 0) is 37.1 Å². The van der Waals surface area contributed by atoms with Crippen molar-refractivity contribution >= 4 is 17.4 Å². The second-order valence-corrected chi connectivity index (χ2v) is 10.3. The summed E-state index contributed by atoms with van der Waals surface area (Å²) in [7, 11) is 0. The summed E-state index contributed by atoms with van der Waals surface area (Å²) in [5.74, 6) is -0.648. The van der Waals surface area contributed by atoms with Crippen LogP contribution in [-0.2, 0) is 11.3 Å². The van der Waals surface area contributed by atoms with Crippen molar-refractivity contribution in [1.82, 2.24) is 14.5 Å². The maximum atomic E-state index is 15.8. The highest BCUT2D eigenvalue weighted by Crippen LogP contribution is 2.46. The van der Waals surface area contributed by atoms with E-state index in [2.05, 4.69) is 14.9 Å². The summed E-state index contributed by atoms with van der Waals surface area (Å²) in [5.41, 5.74) is -0.439. The predicted octanol–water partition coefficient (Wildman–Crippen LogP) is 5.99. The number of fused-ring (bicyclic) bond motifs is 1. The summed E-state index contributed by atoms with van der Waals surface area (Å²) in [5, 5.41) is 13.8. The first-order chi connectivity index (χ1) is 19.6. The van der Waals surface area contributed by atoms with Crippen LogP contribution in [0.15, 0.2) is 53.2 Å². The second-order valence-electron chi connectivity index (χ2n) is 10.3. The molecule has 4 aromatic rings. The lowest BCUT2D eigenvalue weighted by Gasteiger charge is -2.36. The van der Waals surface area contributed by atoms with Gasteiger partial charge in [0.05, 0.1) is 13.2 Å². The van der Waals surface area contributed by atoms with Crippen LogP contribution in [0.25, 0.3) is 16.9 Å². The Morgan fingerprint density at radius 1 is 1.12 bits per heavy atom. The minimum absolute atomic E-state index is 0.0191. The van der Waals surface area contributed by atoms with E-state index < -0.39 is 23.7 Å². The minimum Gasteiger partial charge on any atom is -0.476 e. The van der Waals surface area contributed by atoms with Crippen molar-refractivity contribution in [3.63, 3.8) is 0 Å². The number of aromatic carboxylic acids is 1. The first-order valence-corrected chi connectivity index (χ1v) is 13.2. The number of carboxylic acids is 1. The molecule has 6 rings (SSSR count). The monoisotopic (exact) mass is 574 g/mol. The highest BCUT2D eigenvalue weighted by Gasteiger charge is 2.39. The summed E-state index contributed by atoms with van der Waals surface area (Å²) in [4.78, 5) is 18.2. The first kappa shape index (κ1) is 27.1. The molecule has 3 aromatic heterocycles. The number of imidazole rings is 1. The Hall–Kier alpha value is -4.13. The Bertz CT molecular complexity index is 1570. The molecule has 2 aliphatic rings. The van der Waals surface area contributed by atoms with Gasteiger partial charge in [0.1, 0.15) is 28.5 Å². The van der Waals surface area contributed by atoms with E-state index in [0.717, 1.165) is 12.8 Å². The third kappa shape index (κ3) is 5.58. The minimum atomic E-state index is -4.89. The molecule has 4 heterocycles. The molecule has 1 aliphatic carbocycles. The average Bonchev–Trinajstić information content (AvgIpc) is 3.56. The zero-order valence-corrected chi connectivity index (χ0v) is 21.7. The van der Waals surface area contributed by atoms with Crippen LogP contribution >= 0.6 is 0 Å². The van der Waals surface area contributed by atoms with E-state index >= 15 is 4.39 Å². The van der Waals surface area contributed by atoms with E-state index in [1.165, 1.54) is 22.6 Å². The number of ether oxygens (including phenoxy) is 2. The summed E-state index contributed by atoms with van der Waals surface area (Å²) in [6.07, 6.45) is -1.41. The highest BCUT2D eigenvalue weighted by molar-refractivity contribution is 5.93. The zero-order chi connectivity index (χ0) is 28.8. The number of nitrogens with zero attached hydrogens (tertiary/aromatic N) is 4. The van der Waals surface area contributed by atoms with Crippen molar-refractivity contribution in [3.05, 3.63) is 65.7 Å². The van der Waals surface area contributed by atoms with E-state index in [0.29, 0.717) is 17.0 Å². The summed E-state index contributed by atoms with van der Waals surface area (Å²) < 4.78 is 71.9. The van der Waals surface area contributed by atoms with Gasteiger partial charge >= 0.3 is 12.3 Å². The molecule has 41 heavy (non-hydrogen) atoms. The molecule has 1 aromatic carbocycles. The summed E-state index contributed by atoms with van der Waals surface area (Å²) in [6, 6.07) is 10.8. The van der Waals surface area contributed by atoms with Crippen LogP contribution in [0.2, 0.25) is 0 Å². The van der Waals surface area contributed by atoms with E-state index in [1.807, 2.05) is 0 Å². The number of rotatable bonds is 9. The third-order valence-electron chi connectivity index (χ3n) is 7.41. The number of piperidine rings is 1. The number of aromatic nitrogens is 3. The molecule has 1 N–H and O–H groups in total. The number of carboxylic acid groups (broad SMARTS) is 1. The number of alkyl halides is 4. The lowest BCUT2D eigenvalue weighted by molar-refractivity contribution is -0.274. The van der Waals surface area contributed by atoms with Crippen molar-refractivity contribution in [1.29, 1.82) is 0 Å². The fourth-order valence-electron chi connectivity index (χ4n) is 5.22. The van der Waals surface area contributed by atoms with Gasteiger partial charge in [-0.3, -0.25) is 4.40 Å². The zero-order valence-electron chi connectivity index (χ0n) is 21.7. The fraction of sp³-hybridized carbons (Fsp3) is 0.393. The second kappa shape index (κ2) is 10.4. The number of pyridine rings is 1. The lowest BCUT2D eigenvalue weighted by atomic mass is 9.94. The highest BCUT2D eigenvalue weighted by atomic mass is 19.4. The van der Waals surface area contributed by atoms with Gasteiger partial charge in [0.25, 0.3) is 0 Å². The smallest absolute Gasteiger partial charge is 0.476 e. The van der Waals surface area contributed by atoms with Gasteiger partial charge in [0.15, 0.2) is 11.5 Å². The normalized spacial score (nSPS) is 17.2. The number of hydrogen-bond acceptors (Lipinski definition) is 7. The molecule has 13 heteroatoms. The summed E-state index contributed by atoms with van der Waals surface area (Å²) >= 11 is 0. The van der Waals surface area contributed by atoms with Crippen LogP contribution in [0.1, 0.15) is 53.4 Å². The quantitative estimate of drug-likeness (QED) is 0.243. The number of halogens is 4. The standard InChI is InChI=1S/C28H26F4N4O5/c29-27(10-13-35(14-11-27)25-23(26(37)38)36-12-4-3-7-21(36)33-25)16-39-15-19-22(34-41-24(19)17-8-9-17)18-5-1-2-6-20(18)40-28(30,31)32/h1-7,12,17H,8-11,13-16H2,(H,37,38). The van der Waals surface area contributed by atoms with Gasteiger partial charge in [-0.2, -0.15) is 0 Å². The number of benzene rings is 1. The Labute approximate surface area is 231 Å². The number of hydrogen-bond donors (Lipinski definition) is 1. The van der Waals surface area contributed by atoms with Crippen molar-refractivity contribution in [2.75, 3.05) is 24.6 Å². The van der Waals surface area contributed by atoms with Crippen LogP contribution in [0.4, 0.5) is 23.4 Å². The molecular formula is C28H26F4N4O5. The van der Waals surface area contributed by atoms with E-state index in [1.54, 1.807) is 35.4 Å². The lowest BCUT2D eigenvalue weighted by Crippen LogP contribution is -2.45. The summed E-state index contributed by atoms with van der Waals surface area (Å²) in [6.45, 7) is 0.110. The van der Waals surface area contributed by atoms with Crippen LogP contribution in [0.3, 0.4) is 0 Å². The molecule has 0 bridgehead atoms. The molecule has 0 radical (unpaired) electrons. The third-order valence-corrected chi connectivity index (χ3v) is 7.41. The molecule has 9 nitrogen and oxygen atoms in total. The van der Waals surface area contributed by atoms with E-state index in [4.69, 9.17) is 9.26 Å². The van der Waals surface area contributed by atoms with Gasteiger partial charge in [-0.25, -0.2) is 14.2 Å². The van der Waals surface area contributed by atoms with Gasteiger partial charge in [0, 0.05) is 49.2 Å². The molecule has 0 amide bonds. The number of anilines is 1. The van der Waals surface area contributed by atoms with Crippen molar-refractivity contribution in [2.24, 2.45) is 0 Å². The molecule has 1 saturated heterocycles. The molecule has 1 aliphatic heterocycles. The van der Waals surface area contributed by atoms with Crippen LogP contribution in [0, 0.1) is 0 Å². The molecule has 0 atom stereocenters. The number of carbonyl (C=O) groups is 1. The SMILES string of the molecule is O=C(O)c1c(N2CCC(F)(COCc3c(-c4ccccc4OC(F)(F)F)noc3C3CC3)CC2)nc2ccccn12. The Morgan fingerprint density at radius 3 is 2.56 bits per heavy atom. The maximum Gasteiger partial charge on any atom is 0.573 e. The molecule has 1 saturated carbocycles. The fourth-order valence-corrected chi connectivity index (χ4v) is 5.22. The number of para-hydroxylation sites is 1. The molecule has 216 valence electrons. The van der Waals surface area contributed by atoms with Gasteiger partial charge in [-0.1, -0.05) is 23.4 Å². The van der Waals surface area contributed by atoms with E-state index in [-0.39, 0.29) is 67.8 Å². The van der Waals surface area contributed by atoms with Gasteiger partial charge < -0.3 is 24.0 Å². The van der Waals surface area contributed by atoms with Crippen LogP contribution < -0.4 is 9.64 Å². The van der Waals surface area contributed by atoms with Crippen molar-refractivity contribution in [3.8, 4) is 17.0 Å². The average molecular weight is 575 g/mol. The van der Waals surface area contributed by atoms with Crippen LogP contribution in [0.5, 0.6) is 5.75 Å². The molecular weight excluding hydrogens is 548 g/mol. The Morgan fingerprint density at radius 2 is 1.85 bits per heavy atom. The topological polar surface area (TPSA) is 102 Å². The maximum absolute atomic E-state index is 15.8. The van der Waals surface area contributed by atoms with Gasteiger partial charge in [-0.15, -0.1) is 13.2 Å². The molecule has 0 unspecified atom stereocenters. The van der Waals surface area contributed by atoms with Crippen molar-refractivity contribution < 1.29 is 41.5 Å². The molecule has 0 spiro atoms. The first-order valence-electron chi connectivity index (χ1n) is 13.2. The Kier molecular flexibility index (Phi) is 6.84. The van der Waals surface area contributed by atoms with E-state index in [9.17, 15) is 23.1 Å². The Balaban J connectivity index is 1.15. The largest absolute Gasteiger partial charge is 0.573 e. The van der Waals surface area contributed by atoms with Crippen molar-refractivity contribution in [2.45, 2.75) is 50.2 Å². The molecule has 2 fully saturated rings. The van der Waals surface area contributed by atoms with Crippen LogP contribution in [-0.4, -0.2) is 57.3 Å².